The maximum Gasteiger partial charge on any atom is 0.355 e. The number of carbonyl (C=O) groups is 1. The van der Waals surface area contributed by atoms with E-state index < -0.39 is 0 Å². The van der Waals surface area contributed by atoms with Crippen molar-refractivity contribution in [1.29, 1.82) is 0 Å². The fourth-order valence-corrected chi connectivity index (χ4v) is 1.25. The van der Waals surface area contributed by atoms with Crippen molar-refractivity contribution in [2.24, 2.45) is 0 Å². The van der Waals surface area contributed by atoms with Crippen LogP contribution in [0.1, 0.15) is 49.4 Å². The summed E-state index contributed by atoms with van der Waals surface area (Å²) in [6.07, 6.45) is 0.483. The molecule has 0 aromatic carbocycles. The van der Waals surface area contributed by atoms with Crippen LogP contribution in [0.3, 0.4) is 0 Å². The van der Waals surface area contributed by atoms with Gasteiger partial charge in [-0.15, -0.1) is 11.8 Å². The SMILES string of the molecule is CC.CCOC(=O)c1[nH]c(C)cc1C.[B]CC#CC. The molecule has 0 saturated carbocycles. The van der Waals surface area contributed by atoms with E-state index in [4.69, 9.17) is 12.6 Å². The fourth-order valence-electron chi connectivity index (χ4n) is 1.25. The number of aryl methyl sites for hydroxylation is 2. The van der Waals surface area contributed by atoms with Gasteiger partial charge in [0.15, 0.2) is 0 Å². The maximum atomic E-state index is 11.2. The third kappa shape index (κ3) is 9.01. The van der Waals surface area contributed by atoms with Gasteiger partial charge in [0.2, 0.25) is 0 Å². The summed E-state index contributed by atoms with van der Waals surface area (Å²) in [6, 6.07) is 1.92. The number of carbonyl (C=O) groups excluding carboxylic acids is 1. The molecule has 1 heterocycles. The molecule has 0 aliphatic heterocycles. The predicted octanol–water partition coefficient (Wildman–Crippen LogP) is 3.43. The topological polar surface area (TPSA) is 42.1 Å². The lowest BCUT2D eigenvalue weighted by atomic mass is 10.1. The van der Waals surface area contributed by atoms with Crippen LogP contribution < -0.4 is 0 Å². The number of ether oxygens (including phenoxy) is 1. The zero-order chi connectivity index (χ0) is 15.3. The summed E-state index contributed by atoms with van der Waals surface area (Å²) < 4.78 is 4.85. The monoisotopic (exact) mass is 261 g/mol. The van der Waals surface area contributed by atoms with Crippen molar-refractivity contribution in [2.45, 2.75) is 47.9 Å². The standard InChI is InChI=1S/C9H13NO2.C4H5B.C2H6/c1-4-12-9(11)8-6(2)5-7(3)10-8;1-2-3-4-5;1-2/h5,10H,4H2,1-3H3;4H2,1H3;1-2H3. The maximum absolute atomic E-state index is 11.2. The van der Waals surface area contributed by atoms with Gasteiger partial charge in [-0.05, 0) is 45.6 Å². The molecule has 2 radical (unpaired) electrons. The van der Waals surface area contributed by atoms with E-state index in [0.29, 0.717) is 18.6 Å². The third-order valence-corrected chi connectivity index (χ3v) is 1.91. The van der Waals surface area contributed by atoms with Crippen molar-refractivity contribution in [2.75, 3.05) is 6.61 Å². The average molecular weight is 261 g/mol. The second-order valence-corrected chi connectivity index (χ2v) is 3.36. The summed E-state index contributed by atoms with van der Waals surface area (Å²) in [5.41, 5.74) is 2.48. The molecule has 104 valence electrons. The number of hydrogen-bond donors (Lipinski definition) is 1. The van der Waals surface area contributed by atoms with Gasteiger partial charge in [-0.25, -0.2) is 4.79 Å². The van der Waals surface area contributed by atoms with Gasteiger partial charge in [-0.1, -0.05) is 13.8 Å². The van der Waals surface area contributed by atoms with E-state index in [9.17, 15) is 4.79 Å². The van der Waals surface area contributed by atoms with E-state index in [2.05, 4.69) is 16.8 Å². The lowest BCUT2D eigenvalue weighted by Gasteiger charge is -1.99. The molecule has 0 aliphatic rings. The summed E-state index contributed by atoms with van der Waals surface area (Å²) in [7, 11) is 4.97. The minimum atomic E-state index is -0.275. The van der Waals surface area contributed by atoms with Crippen LogP contribution in [0.2, 0.25) is 6.32 Å². The molecular formula is C15H24BNO2. The zero-order valence-electron chi connectivity index (χ0n) is 12.9. The van der Waals surface area contributed by atoms with Gasteiger partial charge in [0.25, 0.3) is 0 Å². The predicted molar refractivity (Wildman–Crippen MR) is 81.6 cm³/mol. The van der Waals surface area contributed by atoms with Crippen LogP contribution in [-0.4, -0.2) is 25.4 Å². The Labute approximate surface area is 118 Å². The summed E-state index contributed by atoms with van der Waals surface area (Å²) in [6.45, 7) is 11.8. The van der Waals surface area contributed by atoms with Crippen molar-refractivity contribution < 1.29 is 9.53 Å². The van der Waals surface area contributed by atoms with E-state index >= 15 is 0 Å². The highest BCUT2D eigenvalue weighted by molar-refractivity contribution is 6.10. The number of nitrogens with one attached hydrogen (secondary N) is 1. The number of hydrogen-bond acceptors (Lipinski definition) is 2. The van der Waals surface area contributed by atoms with Gasteiger partial charge >= 0.3 is 5.97 Å². The number of rotatable bonds is 2. The molecule has 19 heavy (non-hydrogen) atoms. The average Bonchev–Trinajstić information content (AvgIpc) is 2.73. The van der Waals surface area contributed by atoms with Gasteiger partial charge in [-0.3, -0.25) is 0 Å². The molecule has 0 fully saturated rings. The van der Waals surface area contributed by atoms with Crippen molar-refractivity contribution in [3.8, 4) is 11.8 Å². The molecule has 0 unspecified atom stereocenters. The molecule has 0 atom stereocenters. The highest BCUT2D eigenvalue weighted by atomic mass is 16.5. The van der Waals surface area contributed by atoms with Crippen LogP contribution in [0.5, 0.6) is 0 Å². The van der Waals surface area contributed by atoms with E-state index in [0.717, 1.165) is 11.3 Å². The number of H-pyrrole nitrogens is 1. The molecule has 0 bridgehead atoms. The highest BCUT2D eigenvalue weighted by Crippen LogP contribution is 2.09. The second kappa shape index (κ2) is 12.8. The highest BCUT2D eigenvalue weighted by Gasteiger charge is 2.11. The van der Waals surface area contributed by atoms with E-state index in [1.165, 1.54) is 0 Å². The lowest BCUT2D eigenvalue weighted by molar-refractivity contribution is 0.0519. The van der Waals surface area contributed by atoms with Gasteiger partial charge in [0.1, 0.15) is 5.69 Å². The largest absolute Gasteiger partial charge is 0.461 e. The van der Waals surface area contributed by atoms with E-state index in [1.807, 2.05) is 33.8 Å². The van der Waals surface area contributed by atoms with Crippen LogP contribution in [0.4, 0.5) is 0 Å². The molecule has 1 aromatic heterocycles. The summed E-state index contributed by atoms with van der Waals surface area (Å²) in [5.74, 6) is 5.01. The van der Waals surface area contributed by atoms with Gasteiger partial charge in [0.05, 0.1) is 14.5 Å². The molecule has 0 saturated heterocycles. The van der Waals surface area contributed by atoms with Crippen molar-refractivity contribution in [3.05, 3.63) is 23.0 Å². The van der Waals surface area contributed by atoms with Crippen LogP contribution >= 0.6 is 0 Å². The Morgan fingerprint density at radius 2 is 2.00 bits per heavy atom. The first-order valence-electron chi connectivity index (χ1n) is 6.49. The van der Waals surface area contributed by atoms with Crippen molar-refractivity contribution in [3.63, 3.8) is 0 Å². The molecule has 1 rings (SSSR count). The van der Waals surface area contributed by atoms with Crippen LogP contribution in [0.25, 0.3) is 0 Å². The van der Waals surface area contributed by atoms with Crippen LogP contribution in [-0.2, 0) is 4.74 Å². The molecule has 0 aliphatic carbocycles. The van der Waals surface area contributed by atoms with Gasteiger partial charge in [-0.2, -0.15) is 0 Å². The Balaban J connectivity index is 0. The van der Waals surface area contributed by atoms with Crippen LogP contribution in [0.15, 0.2) is 6.07 Å². The Kier molecular flexibility index (Phi) is 13.3. The number of aromatic nitrogens is 1. The molecule has 1 aromatic rings. The molecule has 1 N–H and O–H groups in total. The fraction of sp³-hybridized carbons (Fsp3) is 0.533. The molecular weight excluding hydrogens is 237 g/mol. The first-order chi connectivity index (χ1) is 9.06. The first kappa shape index (κ1) is 19.7. The summed E-state index contributed by atoms with van der Waals surface area (Å²) in [4.78, 5) is 14.2. The molecule has 3 nitrogen and oxygen atoms in total. The van der Waals surface area contributed by atoms with Gasteiger partial charge in [0, 0.05) is 5.69 Å². The number of aromatic amines is 1. The van der Waals surface area contributed by atoms with E-state index in [-0.39, 0.29) is 5.97 Å². The quantitative estimate of drug-likeness (QED) is 0.503. The van der Waals surface area contributed by atoms with E-state index in [1.54, 1.807) is 13.8 Å². The summed E-state index contributed by atoms with van der Waals surface area (Å²) in [5, 5.41) is 0. The number of esters is 1. The first-order valence-corrected chi connectivity index (χ1v) is 6.49. The van der Waals surface area contributed by atoms with Crippen molar-refractivity contribution >= 4 is 13.8 Å². The minimum absolute atomic E-state index is 0.275. The minimum Gasteiger partial charge on any atom is -0.461 e. The summed E-state index contributed by atoms with van der Waals surface area (Å²) >= 11 is 0. The normalized spacial score (nSPS) is 7.89. The van der Waals surface area contributed by atoms with Gasteiger partial charge < -0.3 is 9.72 Å². The lowest BCUT2D eigenvalue weighted by Crippen LogP contribution is -2.06. The van der Waals surface area contributed by atoms with Crippen molar-refractivity contribution in [1.82, 2.24) is 4.98 Å². The smallest absolute Gasteiger partial charge is 0.355 e. The van der Waals surface area contributed by atoms with Crippen LogP contribution in [0, 0.1) is 25.7 Å². The molecule has 4 heteroatoms. The Morgan fingerprint density at radius 3 is 2.26 bits per heavy atom. The third-order valence-electron chi connectivity index (χ3n) is 1.91. The zero-order valence-corrected chi connectivity index (χ0v) is 12.9. The Morgan fingerprint density at radius 1 is 1.42 bits per heavy atom. The Bertz CT molecular complexity index is 414. The molecule has 0 amide bonds. The second-order valence-electron chi connectivity index (χ2n) is 3.36. The molecule has 0 spiro atoms. The Hall–Kier alpha value is -1.63.